The number of likely N-dealkylation sites (N-methyl/N-ethyl adjacent to an activating group) is 1. The number of amides is 2. The molecule has 0 spiro atoms. The van der Waals surface area contributed by atoms with Crippen LogP contribution in [0.2, 0.25) is 0 Å². The van der Waals surface area contributed by atoms with Crippen molar-refractivity contribution in [1.82, 2.24) is 20.2 Å². The molecule has 0 fully saturated rings. The van der Waals surface area contributed by atoms with E-state index >= 15 is 0 Å². The fraction of sp³-hybridized carbons (Fsp3) is 0.438. The third kappa shape index (κ3) is 9.24. The molecule has 0 atom stereocenters. The zero-order chi connectivity index (χ0) is 31.2. The number of phenols is 1. The molecular formula is C32H45FN6O3. The lowest BCUT2D eigenvalue weighted by Crippen LogP contribution is -2.36. The highest BCUT2D eigenvalue weighted by atomic mass is 19.1. The number of benzene rings is 1. The topological polar surface area (TPSA) is 119 Å². The van der Waals surface area contributed by atoms with Gasteiger partial charge in [0.2, 0.25) is 0 Å². The number of phenolic OH excluding ortho intramolecular Hbond substituents is 1. The maximum Gasteiger partial charge on any atom is 0.257 e. The third-order valence-corrected chi connectivity index (χ3v) is 6.89. The molecule has 0 bridgehead atoms. The van der Waals surface area contributed by atoms with Crippen molar-refractivity contribution >= 4 is 34.7 Å². The van der Waals surface area contributed by atoms with E-state index in [1.54, 1.807) is 19.1 Å². The molecule has 1 aromatic heterocycles. The number of unbranched alkanes of at least 4 members (excludes halogenated alkanes) is 1. The molecule has 10 heteroatoms. The zero-order valence-corrected chi connectivity index (χ0v) is 25.9. The predicted octanol–water partition coefficient (Wildman–Crippen LogP) is 6.34. The van der Waals surface area contributed by atoms with Gasteiger partial charge in [0.1, 0.15) is 18.0 Å². The third-order valence-electron chi connectivity index (χ3n) is 6.89. The molecule has 0 unspecified atom stereocenters. The normalized spacial score (nSPS) is 14.2. The molecule has 2 amide bonds. The Bertz CT molecular complexity index is 1330. The number of carbonyl (C=O) groups excluding carboxylic acids is 2. The van der Waals surface area contributed by atoms with Gasteiger partial charge in [-0.1, -0.05) is 46.6 Å². The largest absolute Gasteiger partial charge is 0.505 e. The Morgan fingerprint density at radius 3 is 2.40 bits per heavy atom. The van der Waals surface area contributed by atoms with Gasteiger partial charge in [-0.3, -0.25) is 9.59 Å². The van der Waals surface area contributed by atoms with E-state index in [1.165, 1.54) is 31.3 Å². The number of hydrogen-bond acceptors (Lipinski definition) is 7. The Balaban J connectivity index is 0.00000144. The van der Waals surface area contributed by atoms with Crippen molar-refractivity contribution in [3.63, 3.8) is 0 Å². The summed E-state index contributed by atoms with van der Waals surface area (Å²) in [6.45, 7) is 17.3. The number of carbonyl (C=O) groups is 2. The highest BCUT2D eigenvalue weighted by molar-refractivity contribution is 6.32. The summed E-state index contributed by atoms with van der Waals surface area (Å²) in [5.41, 5.74) is 3.13. The van der Waals surface area contributed by atoms with Gasteiger partial charge < -0.3 is 26.0 Å². The summed E-state index contributed by atoms with van der Waals surface area (Å²) in [4.78, 5) is 36.5. The lowest BCUT2D eigenvalue weighted by Gasteiger charge is -2.20. The van der Waals surface area contributed by atoms with Crippen LogP contribution in [-0.4, -0.2) is 58.0 Å². The molecule has 4 N–H and O–H groups in total. The zero-order valence-electron chi connectivity index (χ0n) is 25.9. The number of aromatic hydroxyl groups is 1. The minimum Gasteiger partial charge on any atom is -0.505 e. The van der Waals surface area contributed by atoms with Gasteiger partial charge in [0.05, 0.1) is 11.1 Å². The molecule has 9 nitrogen and oxygen atoms in total. The second-order valence-corrected chi connectivity index (χ2v) is 9.95. The van der Waals surface area contributed by atoms with Crippen LogP contribution >= 0.6 is 0 Å². The second kappa shape index (κ2) is 17.0. The molecule has 228 valence electrons. The van der Waals surface area contributed by atoms with Crippen molar-refractivity contribution in [2.75, 3.05) is 36.8 Å². The van der Waals surface area contributed by atoms with E-state index in [-0.39, 0.29) is 11.8 Å². The van der Waals surface area contributed by atoms with Crippen LogP contribution in [0.5, 0.6) is 5.75 Å². The van der Waals surface area contributed by atoms with Gasteiger partial charge in [-0.25, -0.2) is 14.4 Å². The van der Waals surface area contributed by atoms with Crippen LogP contribution in [-0.2, 0) is 9.59 Å². The maximum atomic E-state index is 13.5. The van der Waals surface area contributed by atoms with Crippen molar-refractivity contribution in [3.05, 3.63) is 64.8 Å². The molecule has 2 heterocycles. The van der Waals surface area contributed by atoms with Crippen LogP contribution < -0.4 is 16.0 Å². The quantitative estimate of drug-likeness (QED) is 0.171. The Hall–Kier alpha value is -4.05. The monoisotopic (exact) mass is 580 g/mol. The second-order valence-electron chi connectivity index (χ2n) is 9.95. The van der Waals surface area contributed by atoms with E-state index < -0.39 is 11.6 Å². The number of hydrogen-bond donors (Lipinski definition) is 4. The summed E-state index contributed by atoms with van der Waals surface area (Å²) in [7, 11) is 0. The van der Waals surface area contributed by atoms with Crippen LogP contribution in [0.3, 0.4) is 0 Å². The molecular weight excluding hydrogens is 535 g/mol. The van der Waals surface area contributed by atoms with Gasteiger partial charge in [-0.2, -0.15) is 0 Å². The van der Waals surface area contributed by atoms with Gasteiger partial charge >= 0.3 is 0 Å². The number of aromatic nitrogens is 2. The fourth-order valence-electron chi connectivity index (χ4n) is 4.21. The van der Waals surface area contributed by atoms with Crippen LogP contribution in [0.4, 0.5) is 21.7 Å². The van der Waals surface area contributed by atoms with E-state index in [4.69, 9.17) is 0 Å². The SMILES string of the molecule is C/C=C(C(=O)NCCN(CC)CCC)/C(C)=C(C)/C=C1\C(=O)Nc2ncnc(Nc3ccc(F)c(O)c3)c21.CCCC. The number of nitrogens with one attached hydrogen (secondary N) is 3. The van der Waals surface area contributed by atoms with Crippen molar-refractivity contribution in [2.45, 2.75) is 67.7 Å². The standard InChI is InChI=1S/C28H35FN6O3.C4H10/c1-6-12-35(8-3)13-11-30-27(37)20(7-2)18(5)17(4)14-21-24-25(31-16-32-26(24)34-28(21)38)33-19-9-10-22(29)23(36)15-19;1-3-4-2/h7,9-10,14-16,36H,6,8,11-13H2,1-5H3,(H,30,37)(H2,31,32,33,34,38);3-4H2,1-2H3/b18-17+,20-7-,21-14-;. The lowest BCUT2D eigenvalue weighted by molar-refractivity contribution is -0.117. The first-order chi connectivity index (χ1) is 20.1. The number of allylic oxidation sites excluding steroid dienone is 3. The van der Waals surface area contributed by atoms with Crippen LogP contribution in [0.25, 0.3) is 5.57 Å². The van der Waals surface area contributed by atoms with Crippen LogP contribution in [0.1, 0.15) is 73.3 Å². The van der Waals surface area contributed by atoms with Gasteiger partial charge in [-0.15, -0.1) is 0 Å². The van der Waals surface area contributed by atoms with Crippen LogP contribution in [0.15, 0.2) is 53.4 Å². The van der Waals surface area contributed by atoms with Crippen molar-refractivity contribution in [2.24, 2.45) is 0 Å². The Kier molecular flexibility index (Phi) is 13.9. The van der Waals surface area contributed by atoms with Crippen LogP contribution in [0, 0.1) is 5.82 Å². The highest BCUT2D eigenvalue weighted by Crippen LogP contribution is 2.37. The van der Waals surface area contributed by atoms with E-state index in [0.717, 1.165) is 43.3 Å². The number of halogens is 1. The number of rotatable bonds is 12. The van der Waals surface area contributed by atoms with E-state index in [1.807, 2.05) is 13.8 Å². The first-order valence-corrected chi connectivity index (χ1v) is 14.6. The molecule has 1 aliphatic rings. The van der Waals surface area contributed by atoms with Gasteiger partial charge in [0, 0.05) is 30.4 Å². The van der Waals surface area contributed by atoms with Gasteiger partial charge in [-0.05, 0) is 69.6 Å². The average Bonchev–Trinajstić information content (AvgIpc) is 3.30. The van der Waals surface area contributed by atoms with Gasteiger partial charge in [0.25, 0.3) is 11.8 Å². The summed E-state index contributed by atoms with van der Waals surface area (Å²) in [5.74, 6) is -1.15. The first-order valence-electron chi connectivity index (χ1n) is 14.6. The number of nitrogens with zero attached hydrogens (tertiary/aromatic N) is 3. The predicted molar refractivity (Wildman–Crippen MR) is 168 cm³/mol. The highest BCUT2D eigenvalue weighted by Gasteiger charge is 2.29. The van der Waals surface area contributed by atoms with E-state index in [0.29, 0.717) is 40.6 Å². The Morgan fingerprint density at radius 1 is 1.10 bits per heavy atom. The lowest BCUT2D eigenvalue weighted by atomic mass is 9.98. The maximum absolute atomic E-state index is 13.5. The molecule has 42 heavy (non-hydrogen) atoms. The number of fused-ring (bicyclic) bond motifs is 1. The fourth-order valence-corrected chi connectivity index (χ4v) is 4.21. The molecule has 2 aromatic rings. The van der Waals surface area contributed by atoms with Crippen molar-refractivity contribution < 1.29 is 19.1 Å². The first kappa shape index (κ1) is 34.2. The minimum atomic E-state index is -0.746. The summed E-state index contributed by atoms with van der Waals surface area (Å²) >= 11 is 0. The summed E-state index contributed by atoms with van der Waals surface area (Å²) < 4.78 is 13.5. The summed E-state index contributed by atoms with van der Waals surface area (Å²) in [6.07, 6.45) is 8.45. The molecule has 0 aliphatic carbocycles. The van der Waals surface area contributed by atoms with Crippen molar-refractivity contribution in [1.29, 1.82) is 0 Å². The molecule has 0 saturated heterocycles. The molecule has 0 radical (unpaired) electrons. The molecule has 1 aromatic carbocycles. The molecule has 0 saturated carbocycles. The smallest absolute Gasteiger partial charge is 0.257 e. The molecule has 3 rings (SSSR count). The number of anilines is 3. The Labute approximate surface area is 249 Å². The van der Waals surface area contributed by atoms with Gasteiger partial charge in [0.15, 0.2) is 11.6 Å². The van der Waals surface area contributed by atoms with Crippen molar-refractivity contribution in [3.8, 4) is 5.75 Å². The average molecular weight is 581 g/mol. The minimum absolute atomic E-state index is 0.173. The van der Waals surface area contributed by atoms with E-state index in [2.05, 4.69) is 58.5 Å². The summed E-state index contributed by atoms with van der Waals surface area (Å²) in [6, 6.07) is 3.81. The summed E-state index contributed by atoms with van der Waals surface area (Å²) in [5, 5.41) is 18.5. The Morgan fingerprint density at radius 2 is 1.81 bits per heavy atom. The van der Waals surface area contributed by atoms with E-state index in [9.17, 15) is 19.1 Å². The molecule has 1 aliphatic heterocycles.